The van der Waals surface area contributed by atoms with Crippen molar-refractivity contribution in [2.75, 3.05) is 7.11 Å². The van der Waals surface area contributed by atoms with Crippen molar-refractivity contribution in [2.24, 2.45) is 5.92 Å². The van der Waals surface area contributed by atoms with Crippen LogP contribution in [0.2, 0.25) is 0 Å². The van der Waals surface area contributed by atoms with Gasteiger partial charge in [-0.2, -0.15) is 0 Å². The molecule has 1 unspecified atom stereocenters. The van der Waals surface area contributed by atoms with Crippen LogP contribution in [0.1, 0.15) is 34.6 Å². The van der Waals surface area contributed by atoms with E-state index in [1.807, 2.05) is 0 Å². The average molecular weight is 283 g/mol. The standard InChI is InChI=1S/C14H21NO5/c1-8(2)10-11(16)9(12(17)19-6)7-15(10)13(18)20-14(3,4)5/h7-8,10H,1-6H3. The van der Waals surface area contributed by atoms with Crippen LogP contribution >= 0.6 is 0 Å². The third-order valence-corrected chi connectivity index (χ3v) is 2.74. The van der Waals surface area contributed by atoms with Crippen LogP contribution in [0.4, 0.5) is 4.79 Å². The van der Waals surface area contributed by atoms with Gasteiger partial charge in [-0.1, -0.05) is 13.8 Å². The van der Waals surface area contributed by atoms with Crippen molar-refractivity contribution < 1.29 is 23.9 Å². The minimum absolute atomic E-state index is 0.128. The second kappa shape index (κ2) is 5.64. The van der Waals surface area contributed by atoms with Crippen molar-refractivity contribution in [2.45, 2.75) is 46.3 Å². The fourth-order valence-corrected chi connectivity index (χ4v) is 1.94. The van der Waals surface area contributed by atoms with Crippen molar-refractivity contribution >= 4 is 17.8 Å². The zero-order valence-corrected chi connectivity index (χ0v) is 12.7. The van der Waals surface area contributed by atoms with Gasteiger partial charge in [-0.15, -0.1) is 0 Å². The first kappa shape index (κ1) is 16.2. The molecule has 0 aromatic rings. The molecule has 20 heavy (non-hydrogen) atoms. The summed E-state index contributed by atoms with van der Waals surface area (Å²) in [5.41, 5.74) is -0.805. The Kier molecular flexibility index (Phi) is 4.57. The van der Waals surface area contributed by atoms with E-state index in [4.69, 9.17) is 4.74 Å². The topological polar surface area (TPSA) is 72.9 Å². The average Bonchev–Trinajstić information content (AvgIpc) is 2.63. The van der Waals surface area contributed by atoms with Crippen LogP contribution in [0, 0.1) is 5.92 Å². The molecule has 1 heterocycles. The molecule has 1 atom stereocenters. The van der Waals surface area contributed by atoms with Crippen molar-refractivity contribution in [1.29, 1.82) is 0 Å². The Morgan fingerprint density at radius 1 is 1.30 bits per heavy atom. The lowest BCUT2D eigenvalue weighted by molar-refractivity contribution is -0.137. The third kappa shape index (κ3) is 3.37. The SMILES string of the molecule is COC(=O)C1=CN(C(=O)OC(C)(C)C)C(C(C)C)C1=O. The summed E-state index contributed by atoms with van der Waals surface area (Å²) in [4.78, 5) is 37.1. The Hall–Kier alpha value is -1.85. The summed E-state index contributed by atoms with van der Waals surface area (Å²) < 4.78 is 9.80. The molecule has 1 amide bonds. The first-order valence-corrected chi connectivity index (χ1v) is 6.44. The molecule has 6 nitrogen and oxygen atoms in total. The highest BCUT2D eigenvalue weighted by Crippen LogP contribution is 2.26. The lowest BCUT2D eigenvalue weighted by Gasteiger charge is -2.28. The van der Waals surface area contributed by atoms with Crippen molar-refractivity contribution in [3.63, 3.8) is 0 Å². The summed E-state index contributed by atoms with van der Waals surface area (Å²) >= 11 is 0. The van der Waals surface area contributed by atoms with Gasteiger partial charge in [0.1, 0.15) is 17.2 Å². The van der Waals surface area contributed by atoms with E-state index in [0.717, 1.165) is 0 Å². The maximum atomic E-state index is 12.2. The van der Waals surface area contributed by atoms with E-state index in [-0.39, 0.29) is 11.5 Å². The minimum Gasteiger partial charge on any atom is -0.465 e. The molecule has 1 rings (SSSR count). The highest BCUT2D eigenvalue weighted by Gasteiger charge is 2.43. The number of carbonyl (C=O) groups excluding carboxylic acids is 3. The molecule has 0 aliphatic carbocycles. The van der Waals surface area contributed by atoms with Crippen LogP contribution in [0.25, 0.3) is 0 Å². The van der Waals surface area contributed by atoms with Crippen LogP contribution in [-0.4, -0.2) is 41.5 Å². The summed E-state index contributed by atoms with van der Waals surface area (Å²) in [5.74, 6) is -1.31. The van der Waals surface area contributed by atoms with Crippen molar-refractivity contribution in [1.82, 2.24) is 4.90 Å². The van der Waals surface area contributed by atoms with Gasteiger partial charge in [-0.25, -0.2) is 9.59 Å². The Bertz CT molecular complexity index is 459. The minimum atomic E-state index is -0.744. The van der Waals surface area contributed by atoms with E-state index in [2.05, 4.69) is 4.74 Å². The van der Waals surface area contributed by atoms with E-state index in [1.165, 1.54) is 18.2 Å². The number of methoxy groups -OCH3 is 1. The second-order valence-corrected chi connectivity index (χ2v) is 5.98. The molecule has 0 fully saturated rings. The molecular formula is C14H21NO5. The van der Waals surface area contributed by atoms with Gasteiger partial charge in [0.15, 0.2) is 5.78 Å². The lowest BCUT2D eigenvalue weighted by Crippen LogP contribution is -2.43. The van der Waals surface area contributed by atoms with E-state index >= 15 is 0 Å². The molecular weight excluding hydrogens is 262 g/mol. The number of carbonyl (C=O) groups is 3. The molecule has 0 saturated heterocycles. The zero-order valence-electron chi connectivity index (χ0n) is 12.7. The van der Waals surface area contributed by atoms with Crippen molar-refractivity contribution in [3.05, 3.63) is 11.8 Å². The number of ketones is 1. The summed E-state index contributed by atoms with van der Waals surface area (Å²) in [6.45, 7) is 8.80. The quantitative estimate of drug-likeness (QED) is 0.571. The summed E-state index contributed by atoms with van der Waals surface area (Å²) in [6, 6.07) is -0.737. The number of nitrogens with zero attached hydrogens (tertiary/aromatic N) is 1. The highest BCUT2D eigenvalue weighted by molar-refractivity contribution is 6.21. The molecule has 112 valence electrons. The molecule has 0 saturated carbocycles. The van der Waals surface area contributed by atoms with E-state index < -0.39 is 29.5 Å². The maximum Gasteiger partial charge on any atom is 0.415 e. The molecule has 1 aliphatic rings. The molecule has 0 aromatic carbocycles. The lowest BCUT2D eigenvalue weighted by atomic mass is 9.98. The van der Waals surface area contributed by atoms with Crippen molar-refractivity contribution in [3.8, 4) is 0 Å². The molecule has 0 aromatic heterocycles. The molecule has 0 N–H and O–H groups in total. The van der Waals surface area contributed by atoms with Gasteiger partial charge in [-0.05, 0) is 26.7 Å². The van der Waals surface area contributed by atoms with Gasteiger partial charge >= 0.3 is 12.1 Å². The van der Waals surface area contributed by atoms with Crippen LogP contribution in [0.5, 0.6) is 0 Å². The summed E-state index contributed by atoms with van der Waals surface area (Å²) in [5, 5.41) is 0. The normalized spacial score (nSPS) is 19.1. The predicted octanol–water partition coefficient (Wildman–Crippen LogP) is 1.89. The van der Waals surface area contributed by atoms with E-state index in [9.17, 15) is 14.4 Å². The van der Waals surface area contributed by atoms with Gasteiger partial charge in [-0.3, -0.25) is 9.69 Å². The third-order valence-electron chi connectivity index (χ3n) is 2.74. The van der Waals surface area contributed by atoms with E-state index in [1.54, 1.807) is 34.6 Å². The smallest absolute Gasteiger partial charge is 0.415 e. The number of hydrogen-bond donors (Lipinski definition) is 0. The zero-order chi connectivity index (χ0) is 15.7. The first-order valence-electron chi connectivity index (χ1n) is 6.44. The van der Waals surface area contributed by atoms with E-state index in [0.29, 0.717) is 0 Å². The summed E-state index contributed by atoms with van der Waals surface area (Å²) in [7, 11) is 1.19. The Morgan fingerprint density at radius 3 is 2.25 bits per heavy atom. The summed E-state index contributed by atoms with van der Waals surface area (Å²) in [6.07, 6.45) is 0.566. The van der Waals surface area contributed by atoms with Crippen LogP contribution in [-0.2, 0) is 19.1 Å². The Balaban J connectivity index is 3.07. The maximum absolute atomic E-state index is 12.2. The fourth-order valence-electron chi connectivity index (χ4n) is 1.94. The molecule has 6 heteroatoms. The van der Waals surface area contributed by atoms with Gasteiger partial charge in [0.05, 0.1) is 7.11 Å². The second-order valence-electron chi connectivity index (χ2n) is 5.98. The Labute approximate surface area is 118 Å². The molecule has 1 aliphatic heterocycles. The number of esters is 1. The Morgan fingerprint density at radius 2 is 1.85 bits per heavy atom. The monoisotopic (exact) mass is 283 g/mol. The largest absolute Gasteiger partial charge is 0.465 e. The van der Waals surface area contributed by atoms with Crippen LogP contribution in [0.3, 0.4) is 0 Å². The number of ether oxygens (including phenoxy) is 2. The highest BCUT2D eigenvalue weighted by atomic mass is 16.6. The van der Waals surface area contributed by atoms with Gasteiger partial charge in [0.2, 0.25) is 0 Å². The van der Waals surface area contributed by atoms with Crippen LogP contribution < -0.4 is 0 Å². The first-order chi connectivity index (χ1) is 9.08. The number of amides is 1. The number of Topliss-reactive ketones (excluding diaryl/α,β-unsaturated/α-hetero) is 1. The number of hydrogen-bond acceptors (Lipinski definition) is 5. The van der Waals surface area contributed by atoms with Gasteiger partial charge in [0, 0.05) is 6.20 Å². The fraction of sp³-hybridized carbons (Fsp3) is 0.643. The number of rotatable bonds is 2. The molecule has 0 radical (unpaired) electrons. The molecule has 0 spiro atoms. The molecule has 0 bridgehead atoms. The van der Waals surface area contributed by atoms with Gasteiger partial charge < -0.3 is 9.47 Å². The van der Waals surface area contributed by atoms with Gasteiger partial charge in [0.25, 0.3) is 0 Å². The van der Waals surface area contributed by atoms with Crippen LogP contribution in [0.15, 0.2) is 11.8 Å². The predicted molar refractivity (Wildman–Crippen MR) is 71.8 cm³/mol.